The second-order valence-electron chi connectivity index (χ2n) is 7.49. The molecule has 4 rings (SSSR count). The molecule has 1 aliphatic carbocycles. The first-order chi connectivity index (χ1) is 14.0. The number of carbonyl (C=O) groups excluding carboxylic acids is 1. The van der Waals surface area contributed by atoms with E-state index in [1.807, 2.05) is 9.47 Å². The van der Waals surface area contributed by atoms with Crippen molar-refractivity contribution in [1.29, 1.82) is 0 Å². The zero-order valence-corrected chi connectivity index (χ0v) is 16.8. The number of benzene rings is 1. The first kappa shape index (κ1) is 19.7. The molecule has 1 aliphatic heterocycles. The van der Waals surface area contributed by atoms with Gasteiger partial charge in [-0.05, 0) is 38.4 Å². The van der Waals surface area contributed by atoms with Crippen LogP contribution in [-0.4, -0.2) is 55.0 Å². The minimum atomic E-state index is -0.933. The predicted octanol–water partition coefficient (Wildman–Crippen LogP) is 3.15. The van der Waals surface area contributed by atoms with E-state index < -0.39 is 17.4 Å². The van der Waals surface area contributed by atoms with E-state index in [2.05, 4.69) is 11.8 Å². The third kappa shape index (κ3) is 3.94. The number of pyridine rings is 1. The van der Waals surface area contributed by atoms with Gasteiger partial charge in [0.05, 0.1) is 29.4 Å². The summed E-state index contributed by atoms with van der Waals surface area (Å²) in [6, 6.07) is 3.26. The molecular weight excluding hydrogens is 377 g/mol. The van der Waals surface area contributed by atoms with Crippen molar-refractivity contribution in [3.8, 4) is 5.75 Å². The number of aromatic nitrogens is 1. The van der Waals surface area contributed by atoms with Crippen molar-refractivity contribution in [2.24, 2.45) is 0 Å². The molecule has 1 aromatic heterocycles. The lowest BCUT2D eigenvalue weighted by Gasteiger charge is -2.35. The Labute approximate surface area is 168 Å². The van der Waals surface area contributed by atoms with Gasteiger partial charge in [0.2, 0.25) is 5.43 Å². The summed E-state index contributed by atoms with van der Waals surface area (Å²) in [5.41, 5.74) is 0.676. The lowest BCUT2D eigenvalue weighted by molar-refractivity contribution is 0.104. The number of ether oxygens (including phenoxy) is 2. The summed E-state index contributed by atoms with van der Waals surface area (Å²) in [7, 11) is 0. The number of piperazine rings is 1. The number of hydrogen-bond acceptors (Lipinski definition) is 6. The smallest absolute Gasteiger partial charge is 0.434 e. The van der Waals surface area contributed by atoms with E-state index in [9.17, 15) is 14.0 Å². The summed E-state index contributed by atoms with van der Waals surface area (Å²) in [6.07, 6.45) is 2.56. The zero-order chi connectivity index (χ0) is 20.5. The molecule has 1 saturated heterocycles. The summed E-state index contributed by atoms with van der Waals surface area (Å²) in [5, 5.41) is 0.215. The number of fused-ring (bicyclic) bond motifs is 1. The van der Waals surface area contributed by atoms with Crippen molar-refractivity contribution in [2.45, 2.75) is 32.7 Å². The van der Waals surface area contributed by atoms with Gasteiger partial charge in [-0.2, -0.15) is 0 Å². The topological polar surface area (TPSA) is 64.0 Å². The average molecular weight is 403 g/mol. The van der Waals surface area contributed by atoms with E-state index in [0.29, 0.717) is 11.2 Å². The molecule has 2 heterocycles. The highest BCUT2D eigenvalue weighted by molar-refractivity contribution is 5.85. The Morgan fingerprint density at radius 2 is 1.90 bits per heavy atom. The van der Waals surface area contributed by atoms with E-state index in [-0.39, 0.29) is 23.8 Å². The van der Waals surface area contributed by atoms with E-state index in [0.717, 1.165) is 45.6 Å². The minimum absolute atomic E-state index is 0.133. The van der Waals surface area contributed by atoms with Gasteiger partial charge in [0.15, 0.2) is 5.75 Å². The molecule has 2 aromatic rings. The molecule has 2 aliphatic rings. The Morgan fingerprint density at radius 3 is 2.52 bits per heavy atom. The summed E-state index contributed by atoms with van der Waals surface area (Å²) < 4.78 is 26.8. The van der Waals surface area contributed by atoms with Gasteiger partial charge in [0.25, 0.3) is 0 Å². The highest BCUT2D eigenvalue weighted by atomic mass is 19.1. The molecule has 1 aromatic carbocycles. The van der Waals surface area contributed by atoms with Crippen LogP contribution in [0.15, 0.2) is 23.1 Å². The molecule has 0 N–H and O–H groups in total. The molecular formula is C21H26FN3O4. The highest BCUT2D eigenvalue weighted by Crippen LogP contribution is 2.39. The number of hydrogen-bond donors (Lipinski definition) is 0. The lowest BCUT2D eigenvalue weighted by atomic mass is 10.1. The minimum Gasteiger partial charge on any atom is -0.434 e. The second kappa shape index (κ2) is 8.02. The third-order valence-corrected chi connectivity index (χ3v) is 5.62. The molecule has 156 valence electrons. The largest absolute Gasteiger partial charge is 0.514 e. The normalized spacial score (nSPS) is 17.6. The van der Waals surface area contributed by atoms with Gasteiger partial charge in [0.1, 0.15) is 5.82 Å². The van der Waals surface area contributed by atoms with Crippen molar-refractivity contribution in [1.82, 2.24) is 9.47 Å². The molecule has 2 fully saturated rings. The van der Waals surface area contributed by atoms with Crippen LogP contribution in [0.25, 0.3) is 10.9 Å². The molecule has 1 saturated carbocycles. The van der Waals surface area contributed by atoms with Crippen LogP contribution in [0.4, 0.5) is 14.9 Å². The van der Waals surface area contributed by atoms with Crippen LogP contribution in [0.2, 0.25) is 0 Å². The Balaban J connectivity index is 1.75. The van der Waals surface area contributed by atoms with Crippen LogP contribution >= 0.6 is 0 Å². The first-order valence-corrected chi connectivity index (χ1v) is 10.2. The fourth-order valence-electron chi connectivity index (χ4n) is 3.85. The van der Waals surface area contributed by atoms with Gasteiger partial charge in [-0.15, -0.1) is 0 Å². The summed E-state index contributed by atoms with van der Waals surface area (Å²) in [6.45, 7) is 8.16. The summed E-state index contributed by atoms with van der Waals surface area (Å²) in [4.78, 5) is 28.9. The third-order valence-electron chi connectivity index (χ3n) is 5.62. The number of carbonyl (C=O) groups is 1. The van der Waals surface area contributed by atoms with Gasteiger partial charge in [0, 0.05) is 32.2 Å². The van der Waals surface area contributed by atoms with Crippen LogP contribution in [0.3, 0.4) is 0 Å². The molecule has 0 spiro atoms. The SMILES string of the molecule is CCOC(=O)Oc1cn(C2CC2)c2cc(N3CCN(CC)CC3)c(F)cc2c1=O. The molecule has 0 bridgehead atoms. The maximum absolute atomic E-state index is 15.0. The average Bonchev–Trinajstić information content (AvgIpc) is 3.55. The van der Waals surface area contributed by atoms with Gasteiger partial charge >= 0.3 is 6.16 Å². The number of nitrogens with zero attached hydrogens (tertiary/aromatic N) is 3. The van der Waals surface area contributed by atoms with Gasteiger partial charge in [-0.1, -0.05) is 6.92 Å². The molecule has 29 heavy (non-hydrogen) atoms. The molecule has 0 radical (unpaired) electrons. The second-order valence-corrected chi connectivity index (χ2v) is 7.49. The molecule has 0 atom stereocenters. The Hall–Kier alpha value is -2.61. The Bertz CT molecular complexity index is 978. The van der Waals surface area contributed by atoms with Crippen molar-refractivity contribution in [3.63, 3.8) is 0 Å². The van der Waals surface area contributed by atoms with Gasteiger partial charge in [-0.3, -0.25) is 4.79 Å². The number of halogens is 1. The van der Waals surface area contributed by atoms with E-state index >= 15 is 0 Å². The van der Waals surface area contributed by atoms with Crippen LogP contribution in [0.1, 0.15) is 32.7 Å². The van der Waals surface area contributed by atoms with E-state index in [4.69, 9.17) is 9.47 Å². The predicted molar refractivity (Wildman–Crippen MR) is 108 cm³/mol. The standard InChI is InChI=1S/C21H26FN3O4/c1-3-23-7-9-24(10-8-23)18-12-17-15(11-16(18)22)20(26)19(29-21(27)28-4-2)13-25(17)14-5-6-14/h11-14H,3-10H2,1-2H3. The maximum atomic E-state index is 15.0. The van der Waals surface area contributed by atoms with Crippen molar-refractivity contribution in [3.05, 3.63) is 34.4 Å². The molecule has 7 nitrogen and oxygen atoms in total. The van der Waals surface area contributed by atoms with Crippen LogP contribution in [0, 0.1) is 5.82 Å². The molecule has 0 unspecified atom stereocenters. The van der Waals surface area contributed by atoms with E-state index in [1.54, 1.807) is 19.2 Å². The number of anilines is 1. The van der Waals surface area contributed by atoms with Crippen LogP contribution in [-0.2, 0) is 4.74 Å². The van der Waals surface area contributed by atoms with Gasteiger partial charge < -0.3 is 23.8 Å². The summed E-state index contributed by atoms with van der Waals surface area (Å²) >= 11 is 0. The molecule has 8 heteroatoms. The highest BCUT2D eigenvalue weighted by Gasteiger charge is 2.28. The zero-order valence-electron chi connectivity index (χ0n) is 16.8. The lowest BCUT2D eigenvalue weighted by Crippen LogP contribution is -2.46. The number of likely N-dealkylation sites (N-methyl/N-ethyl adjacent to an activating group) is 1. The monoisotopic (exact) mass is 403 g/mol. The van der Waals surface area contributed by atoms with Crippen molar-refractivity contribution >= 4 is 22.7 Å². The first-order valence-electron chi connectivity index (χ1n) is 10.2. The van der Waals surface area contributed by atoms with Gasteiger partial charge in [-0.25, -0.2) is 9.18 Å². The van der Waals surface area contributed by atoms with E-state index in [1.165, 1.54) is 6.07 Å². The quantitative estimate of drug-likeness (QED) is 0.715. The fourth-order valence-corrected chi connectivity index (χ4v) is 3.85. The van der Waals surface area contributed by atoms with Crippen LogP contribution in [0.5, 0.6) is 5.75 Å². The summed E-state index contributed by atoms with van der Waals surface area (Å²) in [5.74, 6) is -0.568. The maximum Gasteiger partial charge on any atom is 0.514 e. The fraction of sp³-hybridized carbons (Fsp3) is 0.524. The Kier molecular flexibility index (Phi) is 5.45. The van der Waals surface area contributed by atoms with Crippen molar-refractivity contribution in [2.75, 3.05) is 44.2 Å². The Morgan fingerprint density at radius 1 is 1.17 bits per heavy atom. The number of rotatable bonds is 5. The van der Waals surface area contributed by atoms with Crippen molar-refractivity contribution < 1.29 is 18.7 Å². The molecule has 0 amide bonds. The van der Waals surface area contributed by atoms with Crippen LogP contribution < -0.4 is 15.1 Å².